The van der Waals surface area contributed by atoms with E-state index in [2.05, 4.69) is 20.8 Å². The first-order valence-corrected chi connectivity index (χ1v) is 9.89. The lowest BCUT2D eigenvalue weighted by Gasteiger charge is -2.23. The number of carboxylic acid groups (broad SMARTS) is 1. The standard InChI is InChI=1S/C21H40O4/c1-6-20(2,3)14-10-12-18(23)15-17(22)11-8-7-9-13-21(4,5)16-19(24)25/h18,23H,6-16H2,1-5H3,(H,24,25). The number of aliphatic hydroxyl groups is 1. The van der Waals surface area contributed by atoms with Gasteiger partial charge in [-0.05, 0) is 36.5 Å². The van der Waals surface area contributed by atoms with Gasteiger partial charge in [0.05, 0.1) is 12.5 Å². The molecule has 0 bridgehead atoms. The fourth-order valence-electron chi connectivity index (χ4n) is 3.06. The van der Waals surface area contributed by atoms with E-state index in [0.29, 0.717) is 18.3 Å². The van der Waals surface area contributed by atoms with Gasteiger partial charge in [0.1, 0.15) is 5.78 Å². The van der Waals surface area contributed by atoms with E-state index in [0.717, 1.165) is 44.9 Å². The number of carbonyl (C=O) groups is 2. The highest BCUT2D eigenvalue weighted by molar-refractivity contribution is 5.78. The van der Waals surface area contributed by atoms with Crippen molar-refractivity contribution in [1.82, 2.24) is 0 Å². The Morgan fingerprint density at radius 2 is 1.52 bits per heavy atom. The molecule has 0 aromatic rings. The average molecular weight is 357 g/mol. The number of unbranched alkanes of at least 4 members (excludes halogenated alkanes) is 2. The maximum atomic E-state index is 11.9. The lowest BCUT2D eigenvalue weighted by atomic mass is 9.83. The first-order chi connectivity index (χ1) is 11.5. The Morgan fingerprint density at radius 3 is 2.08 bits per heavy atom. The van der Waals surface area contributed by atoms with Crippen molar-refractivity contribution in [3.8, 4) is 0 Å². The molecule has 0 aromatic heterocycles. The molecule has 1 atom stereocenters. The number of rotatable bonds is 15. The summed E-state index contributed by atoms with van der Waals surface area (Å²) < 4.78 is 0. The first kappa shape index (κ1) is 24.1. The molecular formula is C21H40O4. The third kappa shape index (κ3) is 14.0. The summed E-state index contributed by atoms with van der Waals surface area (Å²) >= 11 is 0. The molecule has 0 aliphatic carbocycles. The molecule has 0 spiro atoms. The van der Waals surface area contributed by atoms with Crippen LogP contribution in [0.4, 0.5) is 0 Å². The number of carboxylic acids is 1. The number of Topliss-reactive ketones (excluding diaryl/α,β-unsaturated/α-hetero) is 1. The van der Waals surface area contributed by atoms with Crippen LogP contribution in [-0.2, 0) is 9.59 Å². The molecule has 0 radical (unpaired) electrons. The number of hydrogen-bond acceptors (Lipinski definition) is 3. The molecule has 25 heavy (non-hydrogen) atoms. The van der Waals surface area contributed by atoms with Crippen LogP contribution in [0.2, 0.25) is 0 Å². The summed E-state index contributed by atoms with van der Waals surface area (Å²) in [6.07, 6.45) is 7.95. The van der Waals surface area contributed by atoms with Crippen molar-refractivity contribution in [2.24, 2.45) is 10.8 Å². The molecular weight excluding hydrogens is 316 g/mol. The van der Waals surface area contributed by atoms with Crippen LogP contribution in [0.1, 0.15) is 105 Å². The van der Waals surface area contributed by atoms with E-state index in [1.54, 1.807) is 0 Å². The maximum Gasteiger partial charge on any atom is 0.303 e. The van der Waals surface area contributed by atoms with Crippen molar-refractivity contribution in [2.75, 3.05) is 0 Å². The summed E-state index contributed by atoms with van der Waals surface area (Å²) in [5.74, 6) is -0.608. The smallest absolute Gasteiger partial charge is 0.303 e. The Kier molecular flexibility index (Phi) is 11.2. The zero-order valence-corrected chi connectivity index (χ0v) is 17.1. The second-order valence-corrected chi connectivity index (χ2v) is 9.10. The molecule has 4 nitrogen and oxygen atoms in total. The van der Waals surface area contributed by atoms with Crippen LogP contribution in [0.25, 0.3) is 0 Å². The monoisotopic (exact) mass is 356 g/mol. The third-order valence-corrected chi connectivity index (χ3v) is 5.25. The minimum atomic E-state index is -0.753. The number of aliphatic carboxylic acids is 1. The van der Waals surface area contributed by atoms with Crippen molar-refractivity contribution in [3.05, 3.63) is 0 Å². The van der Waals surface area contributed by atoms with Gasteiger partial charge in [-0.15, -0.1) is 0 Å². The lowest BCUT2D eigenvalue weighted by Crippen LogP contribution is -2.17. The van der Waals surface area contributed by atoms with Gasteiger partial charge in [0.25, 0.3) is 0 Å². The summed E-state index contributed by atoms with van der Waals surface area (Å²) in [6.45, 7) is 10.6. The molecule has 1 unspecified atom stereocenters. The van der Waals surface area contributed by atoms with Gasteiger partial charge in [-0.25, -0.2) is 0 Å². The van der Waals surface area contributed by atoms with Crippen molar-refractivity contribution in [3.63, 3.8) is 0 Å². The molecule has 0 aromatic carbocycles. The highest BCUT2D eigenvalue weighted by Gasteiger charge is 2.21. The van der Waals surface area contributed by atoms with Crippen LogP contribution < -0.4 is 0 Å². The van der Waals surface area contributed by atoms with Crippen LogP contribution in [0.5, 0.6) is 0 Å². The number of carbonyl (C=O) groups excluding carboxylic acids is 1. The summed E-state index contributed by atoms with van der Waals surface area (Å²) in [5, 5.41) is 18.9. The predicted octanol–water partition coefficient (Wildman–Crippen LogP) is 5.36. The van der Waals surface area contributed by atoms with Crippen molar-refractivity contribution < 1.29 is 19.8 Å². The fourth-order valence-corrected chi connectivity index (χ4v) is 3.06. The minimum Gasteiger partial charge on any atom is -0.481 e. The van der Waals surface area contributed by atoms with Crippen molar-refractivity contribution in [2.45, 2.75) is 111 Å². The van der Waals surface area contributed by atoms with Gasteiger partial charge in [-0.3, -0.25) is 9.59 Å². The molecule has 4 heteroatoms. The molecule has 0 rings (SSSR count). The topological polar surface area (TPSA) is 74.6 Å². The zero-order valence-electron chi connectivity index (χ0n) is 17.1. The van der Waals surface area contributed by atoms with E-state index in [-0.39, 0.29) is 24.0 Å². The average Bonchev–Trinajstić information content (AvgIpc) is 2.45. The molecule has 2 N–H and O–H groups in total. The van der Waals surface area contributed by atoms with Crippen LogP contribution in [0.15, 0.2) is 0 Å². The van der Waals surface area contributed by atoms with E-state index < -0.39 is 12.1 Å². The van der Waals surface area contributed by atoms with E-state index in [1.807, 2.05) is 13.8 Å². The predicted molar refractivity (Wildman–Crippen MR) is 103 cm³/mol. The van der Waals surface area contributed by atoms with Gasteiger partial charge in [-0.2, -0.15) is 0 Å². The Hall–Kier alpha value is -0.900. The maximum absolute atomic E-state index is 11.9. The Bertz CT molecular complexity index is 399. The summed E-state index contributed by atoms with van der Waals surface area (Å²) in [6, 6.07) is 0. The summed E-state index contributed by atoms with van der Waals surface area (Å²) in [7, 11) is 0. The first-order valence-electron chi connectivity index (χ1n) is 9.89. The highest BCUT2D eigenvalue weighted by Crippen LogP contribution is 2.28. The number of ketones is 1. The van der Waals surface area contributed by atoms with Crippen molar-refractivity contribution >= 4 is 11.8 Å². The van der Waals surface area contributed by atoms with Gasteiger partial charge in [-0.1, -0.05) is 60.3 Å². The van der Waals surface area contributed by atoms with Gasteiger partial charge >= 0.3 is 5.97 Å². The summed E-state index contributed by atoms with van der Waals surface area (Å²) in [5.41, 5.74) is 0.135. The lowest BCUT2D eigenvalue weighted by molar-refractivity contribution is -0.139. The number of aliphatic hydroxyl groups excluding tert-OH is 1. The normalized spacial score (nSPS) is 13.7. The second kappa shape index (κ2) is 11.7. The molecule has 0 amide bonds. The van der Waals surface area contributed by atoms with Gasteiger partial charge in [0.2, 0.25) is 0 Å². The Morgan fingerprint density at radius 1 is 0.920 bits per heavy atom. The molecule has 148 valence electrons. The van der Waals surface area contributed by atoms with Crippen molar-refractivity contribution in [1.29, 1.82) is 0 Å². The molecule has 0 heterocycles. The van der Waals surface area contributed by atoms with Gasteiger partial charge in [0.15, 0.2) is 0 Å². The van der Waals surface area contributed by atoms with E-state index in [1.165, 1.54) is 0 Å². The minimum absolute atomic E-state index is 0.145. The SMILES string of the molecule is CCC(C)(C)CCCC(O)CC(=O)CCCCCC(C)(C)CC(=O)O. The number of hydrogen-bond donors (Lipinski definition) is 2. The van der Waals surface area contributed by atoms with E-state index in [4.69, 9.17) is 5.11 Å². The molecule has 0 saturated carbocycles. The Labute approximate surface area is 154 Å². The largest absolute Gasteiger partial charge is 0.481 e. The van der Waals surface area contributed by atoms with Crippen LogP contribution in [0.3, 0.4) is 0 Å². The van der Waals surface area contributed by atoms with Crippen LogP contribution >= 0.6 is 0 Å². The highest BCUT2D eigenvalue weighted by atomic mass is 16.4. The van der Waals surface area contributed by atoms with Crippen LogP contribution in [0, 0.1) is 10.8 Å². The molecule has 0 saturated heterocycles. The quantitative estimate of drug-likeness (QED) is 0.387. The van der Waals surface area contributed by atoms with E-state index in [9.17, 15) is 14.7 Å². The molecule has 0 fully saturated rings. The zero-order chi connectivity index (χ0) is 19.5. The third-order valence-electron chi connectivity index (χ3n) is 5.25. The molecule has 0 aliphatic rings. The van der Waals surface area contributed by atoms with Gasteiger partial charge in [0, 0.05) is 12.8 Å². The fraction of sp³-hybridized carbons (Fsp3) is 0.905. The summed E-state index contributed by atoms with van der Waals surface area (Å²) in [4.78, 5) is 22.7. The van der Waals surface area contributed by atoms with Gasteiger partial charge < -0.3 is 10.2 Å². The molecule has 0 aliphatic heterocycles. The second-order valence-electron chi connectivity index (χ2n) is 9.10. The van der Waals surface area contributed by atoms with E-state index >= 15 is 0 Å². The Balaban J connectivity index is 3.78. The van der Waals surface area contributed by atoms with Crippen LogP contribution in [-0.4, -0.2) is 28.1 Å².